The number of carbonyl (C=O) groups excluding carboxylic acids is 1. The van der Waals surface area contributed by atoms with E-state index in [-0.39, 0.29) is 24.4 Å². The SMILES string of the molecule is CC1CCCCC1NC(=O)CO/N=C(/N)c1cnn(C)c1. The van der Waals surface area contributed by atoms with Crippen LogP contribution in [-0.2, 0) is 16.7 Å². The third-order valence-electron chi connectivity index (χ3n) is 3.82. The number of oxime groups is 1. The topological polar surface area (TPSA) is 94.5 Å². The van der Waals surface area contributed by atoms with Gasteiger partial charge in [-0.1, -0.05) is 24.9 Å². The maximum atomic E-state index is 11.8. The van der Waals surface area contributed by atoms with Crippen molar-refractivity contribution >= 4 is 11.7 Å². The first-order valence-corrected chi connectivity index (χ1v) is 7.30. The highest BCUT2D eigenvalue weighted by molar-refractivity contribution is 5.96. The second-order valence-electron chi connectivity index (χ2n) is 5.59. The molecule has 1 aliphatic carbocycles. The van der Waals surface area contributed by atoms with Gasteiger partial charge in [0, 0.05) is 19.3 Å². The Hall–Kier alpha value is -2.05. The minimum Gasteiger partial charge on any atom is -0.384 e. The van der Waals surface area contributed by atoms with Crippen LogP contribution in [0.2, 0.25) is 0 Å². The first kappa shape index (κ1) is 15.3. The van der Waals surface area contributed by atoms with Gasteiger partial charge in [-0.2, -0.15) is 5.10 Å². The van der Waals surface area contributed by atoms with Gasteiger partial charge in [0.1, 0.15) is 0 Å². The molecule has 3 N–H and O–H groups in total. The van der Waals surface area contributed by atoms with Crippen molar-refractivity contribution in [2.75, 3.05) is 6.61 Å². The Morgan fingerprint density at radius 2 is 2.33 bits per heavy atom. The molecule has 1 amide bonds. The van der Waals surface area contributed by atoms with Gasteiger partial charge in [0.15, 0.2) is 12.4 Å². The third kappa shape index (κ3) is 4.47. The minimum absolute atomic E-state index is 0.121. The Bertz CT molecular complexity index is 511. The molecule has 116 valence electrons. The van der Waals surface area contributed by atoms with Gasteiger partial charge >= 0.3 is 0 Å². The maximum Gasteiger partial charge on any atom is 0.261 e. The van der Waals surface area contributed by atoms with Crippen molar-refractivity contribution in [2.24, 2.45) is 23.9 Å². The third-order valence-corrected chi connectivity index (χ3v) is 3.82. The van der Waals surface area contributed by atoms with Crippen LogP contribution in [0, 0.1) is 5.92 Å². The number of rotatable bonds is 5. The predicted octanol–water partition coefficient (Wildman–Crippen LogP) is 0.752. The smallest absolute Gasteiger partial charge is 0.261 e. The van der Waals surface area contributed by atoms with Gasteiger partial charge in [0.05, 0.1) is 11.8 Å². The van der Waals surface area contributed by atoms with Gasteiger partial charge in [-0.25, -0.2) is 0 Å². The zero-order valence-electron chi connectivity index (χ0n) is 12.6. The largest absolute Gasteiger partial charge is 0.384 e. The molecule has 2 unspecified atom stereocenters. The van der Waals surface area contributed by atoms with Crippen molar-refractivity contribution in [3.8, 4) is 0 Å². The first-order valence-electron chi connectivity index (χ1n) is 7.30. The molecule has 0 saturated heterocycles. The quantitative estimate of drug-likeness (QED) is 0.476. The van der Waals surface area contributed by atoms with E-state index in [9.17, 15) is 4.79 Å². The van der Waals surface area contributed by atoms with Crippen LogP contribution in [0.4, 0.5) is 0 Å². The van der Waals surface area contributed by atoms with Gasteiger partial charge < -0.3 is 15.9 Å². The molecule has 21 heavy (non-hydrogen) atoms. The number of carbonyl (C=O) groups is 1. The van der Waals surface area contributed by atoms with E-state index in [0.29, 0.717) is 11.5 Å². The fourth-order valence-corrected chi connectivity index (χ4v) is 2.55. The molecule has 7 heteroatoms. The van der Waals surface area contributed by atoms with Crippen LogP contribution >= 0.6 is 0 Å². The van der Waals surface area contributed by atoms with E-state index in [1.54, 1.807) is 24.1 Å². The number of nitrogens with two attached hydrogens (primary N) is 1. The summed E-state index contributed by atoms with van der Waals surface area (Å²) in [4.78, 5) is 16.8. The summed E-state index contributed by atoms with van der Waals surface area (Å²) in [5.41, 5.74) is 6.41. The molecule has 1 aliphatic rings. The predicted molar refractivity (Wildman–Crippen MR) is 79.4 cm³/mol. The van der Waals surface area contributed by atoms with E-state index in [2.05, 4.69) is 22.5 Å². The second kappa shape index (κ2) is 7.10. The summed E-state index contributed by atoms with van der Waals surface area (Å²) < 4.78 is 1.62. The first-order chi connectivity index (χ1) is 10.1. The van der Waals surface area contributed by atoms with Gasteiger partial charge in [0.25, 0.3) is 5.91 Å². The number of nitrogens with one attached hydrogen (secondary N) is 1. The lowest BCUT2D eigenvalue weighted by Crippen LogP contribution is -2.42. The lowest BCUT2D eigenvalue weighted by atomic mass is 9.86. The number of nitrogens with zero attached hydrogens (tertiary/aromatic N) is 3. The summed E-state index contributed by atoms with van der Waals surface area (Å²) in [5.74, 6) is 0.574. The minimum atomic E-state index is -0.156. The van der Waals surface area contributed by atoms with E-state index < -0.39 is 0 Å². The average Bonchev–Trinajstić information content (AvgIpc) is 2.88. The molecule has 2 rings (SSSR count). The van der Waals surface area contributed by atoms with Crippen molar-refractivity contribution in [1.29, 1.82) is 0 Å². The van der Waals surface area contributed by atoms with Crippen molar-refractivity contribution in [3.05, 3.63) is 18.0 Å². The number of aryl methyl sites for hydroxylation is 1. The van der Waals surface area contributed by atoms with Gasteiger partial charge in [0.2, 0.25) is 0 Å². The molecule has 0 radical (unpaired) electrons. The molecule has 0 aliphatic heterocycles. The summed E-state index contributed by atoms with van der Waals surface area (Å²) in [6, 6.07) is 0.245. The lowest BCUT2D eigenvalue weighted by Gasteiger charge is -2.29. The highest BCUT2D eigenvalue weighted by atomic mass is 16.6. The summed E-state index contributed by atoms with van der Waals surface area (Å²) >= 11 is 0. The number of amides is 1. The average molecular weight is 293 g/mol. The van der Waals surface area contributed by atoms with Crippen molar-refractivity contribution in [1.82, 2.24) is 15.1 Å². The standard InChI is InChI=1S/C14H23N5O2/c1-10-5-3-4-6-12(10)17-13(20)9-21-18-14(15)11-7-16-19(2)8-11/h7-8,10,12H,3-6,9H2,1-2H3,(H2,15,18)(H,17,20). The van der Waals surface area contributed by atoms with Crippen LogP contribution in [0.5, 0.6) is 0 Å². The lowest BCUT2D eigenvalue weighted by molar-refractivity contribution is -0.126. The summed E-state index contributed by atoms with van der Waals surface area (Å²) in [6.45, 7) is 2.05. The second-order valence-corrected chi connectivity index (χ2v) is 5.59. The van der Waals surface area contributed by atoms with Crippen molar-refractivity contribution in [2.45, 2.75) is 38.6 Å². The Kier molecular flexibility index (Phi) is 5.19. The van der Waals surface area contributed by atoms with Gasteiger partial charge in [-0.15, -0.1) is 0 Å². The molecule has 0 aromatic carbocycles. The molecule has 1 saturated carbocycles. The molecule has 0 bridgehead atoms. The molecule has 1 aromatic heterocycles. The molecule has 0 spiro atoms. The summed E-state index contributed by atoms with van der Waals surface area (Å²) in [7, 11) is 1.79. The molecule has 2 atom stereocenters. The van der Waals surface area contributed by atoms with Crippen LogP contribution in [0.15, 0.2) is 17.5 Å². The number of hydrogen-bond acceptors (Lipinski definition) is 4. The highest BCUT2D eigenvalue weighted by Crippen LogP contribution is 2.23. The monoisotopic (exact) mass is 293 g/mol. The Labute approximate surface area is 124 Å². The van der Waals surface area contributed by atoms with Gasteiger partial charge in [-0.3, -0.25) is 9.48 Å². The van der Waals surface area contributed by atoms with E-state index in [0.717, 1.165) is 12.8 Å². The van der Waals surface area contributed by atoms with E-state index >= 15 is 0 Å². The molecular weight excluding hydrogens is 270 g/mol. The van der Waals surface area contributed by atoms with Crippen LogP contribution in [-0.4, -0.2) is 34.2 Å². The fourth-order valence-electron chi connectivity index (χ4n) is 2.55. The molecule has 1 heterocycles. The maximum absolute atomic E-state index is 11.8. The molecule has 1 fully saturated rings. The Morgan fingerprint density at radius 3 is 3.00 bits per heavy atom. The highest BCUT2D eigenvalue weighted by Gasteiger charge is 2.22. The fraction of sp³-hybridized carbons (Fsp3) is 0.643. The summed E-state index contributed by atoms with van der Waals surface area (Å²) in [6.07, 6.45) is 7.93. The van der Waals surface area contributed by atoms with E-state index in [1.165, 1.54) is 12.8 Å². The molecule has 7 nitrogen and oxygen atoms in total. The van der Waals surface area contributed by atoms with E-state index in [1.807, 2.05) is 0 Å². The van der Waals surface area contributed by atoms with E-state index in [4.69, 9.17) is 10.6 Å². The van der Waals surface area contributed by atoms with Crippen LogP contribution < -0.4 is 11.1 Å². The Balaban J connectivity index is 1.76. The van der Waals surface area contributed by atoms with Crippen LogP contribution in [0.25, 0.3) is 0 Å². The number of hydrogen-bond donors (Lipinski definition) is 2. The Morgan fingerprint density at radius 1 is 1.57 bits per heavy atom. The zero-order valence-corrected chi connectivity index (χ0v) is 12.6. The van der Waals surface area contributed by atoms with Crippen LogP contribution in [0.1, 0.15) is 38.2 Å². The van der Waals surface area contributed by atoms with Crippen molar-refractivity contribution in [3.63, 3.8) is 0 Å². The zero-order chi connectivity index (χ0) is 15.2. The number of amidine groups is 1. The number of aromatic nitrogens is 2. The van der Waals surface area contributed by atoms with Gasteiger partial charge in [-0.05, 0) is 18.8 Å². The molecule has 1 aromatic rings. The van der Waals surface area contributed by atoms with Crippen molar-refractivity contribution < 1.29 is 9.63 Å². The van der Waals surface area contributed by atoms with Crippen LogP contribution in [0.3, 0.4) is 0 Å². The summed E-state index contributed by atoms with van der Waals surface area (Å²) in [5, 5.41) is 10.7. The normalized spacial score (nSPS) is 22.9. The molecular formula is C14H23N5O2.